The molecule has 0 spiro atoms. The Balaban J connectivity index is 1.74. The van der Waals surface area contributed by atoms with Crippen molar-refractivity contribution in [1.82, 2.24) is 4.57 Å². The van der Waals surface area contributed by atoms with Crippen molar-refractivity contribution in [1.29, 1.82) is 0 Å². The van der Waals surface area contributed by atoms with Crippen molar-refractivity contribution in [2.24, 2.45) is 0 Å². The molecule has 0 fully saturated rings. The van der Waals surface area contributed by atoms with Crippen LogP contribution in [0.3, 0.4) is 0 Å². The van der Waals surface area contributed by atoms with Crippen molar-refractivity contribution in [3.63, 3.8) is 0 Å². The molecule has 1 atom stereocenters. The molecule has 196 valence electrons. The lowest BCUT2D eigenvalue weighted by Crippen LogP contribution is -2.21. The van der Waals surface area contributed by atoms with Crippen LogP contribution in [0.25, 0.3) is 10.9 Å². The molecule has 38 heavy (non-hydrogen) atoms. The molecule has 0 radical (unpaired) electrons. The third-order valence-electron chi connectivity index (χ3n) is 5.95. The number of nitrogens with zero attached hydrogens (tertiary/aromatic N) is 1. The fourth-order valence-corrected chi connectivity index (χ4v) is 4.88. The minimum absolute atomic E-state index is 0.0225. The lowest BCUT2D eigenvalue weighted by Gasteiger charge is -2.16. The Labute approximate surface area is 237 Å². The first-order chi connectivity index (χ1) is 18.0. The van der Waals surface area contributed by atoms with Gasteiger partial charge in [0.1, 0.15) is 5.75 Å². The van der Waals surface area contributed by atoms with Gasteiger partial charge in [-0.05, 0) is 67.1 Å². The maximum Gasteiger partial charge on any atom is 0.349 e. The number of carboxylic acids is 1. The van der Waals surface area contributed by atoms with Crippen LogP contribution < -0.4 is 4.74 Å². The third kappa shape index (κ3) is 5.47. The third-order valence-corrected chi connectivity index (χ3v) is 7.25. The minimum Gasteiger partial charge on any atom is -0.497 e. The zero-order valence-corrected chi connectivity index (χ0v) is 23.0. The highest BCUT2D eigenvalue weighted by Crippen LogP contribution is 2.35. The molecule has 11 heteroatoms. The molecule has 1 N–H and O–H groups in total. The zero-order chi connectivity index (χ0) is 27.7. The van der Waals surface area contributed by atoms with E-state index in [1.54, 1.807) is 49.4 Å². The molecule has 0 aliphatic rings. The largest absolute Gasteiger partial charge is 0.497 e. The van der Waals surface area contributed by atoms with Crippen LogP contribution >= 0.6 is 46.4 Å². The van der Waals surface area contributed by atoms with E-state index in [4.69, 9.17) is 55.9 Å². The number of carboxylic acid groups (broad SMARTS) is 1. The first-order valence-corrected chi connectivity index (χ1v) is 12.6. The van der Waals surface area contributed by atoms with Gasteiger partial charge in [-0.3, -0.25) is 14.2 Å². The van der Waals surface area contributed by atoms with Crippen LogP contribution in [-0.2, 0) is 20.7 Å². The number of aliphatic carboxylic acids is 1. The van der Waals surface area contributed by atoms with Gasteiger partial charge in [-0.25, -0.2) is 4.79 Å². The first kappa shape index (κ1) is 27.8. The highest BCUT2D eigenvalue weighted by atomic mass is 35.5. The van der Waals surface area contributed by atoms with Crippen LogP contribution in [-0.4, -0.2) is 34.6 Å². The van der Waals surface area contributed by atoms with Crippen molar-refractivity contribution >= 4 is 75.2 Å². The van der Waals surface area contributed by atoms with Gasteiger partial charge in [-0.1, -0.05) is 46.4 Å². The first-order valence-electron chi connectivity index (χ1n) is 11.1. The van der Waals surface area contributed by atoms with Crippen molar-refractivity contribution in [3.05, 3.63) is 97.1 Å². The van der Waals surface area contributed by atoms with Gasteiger partial charge in [0, 0.05) is 32.3 Å². The van der Waals surface area contributed by atoms with E-state index in [0.717, 1.165) is 0 Å². The Morgan fingerprint density at radius 3 is 2.21 bits per heavy atom. The van der Waals surface area contributed by atoms with E-state index in [1.165, 1.54) is 23.8 Å². The van der Waals surface area contributed by atoms with E-state index < -0.39 is 18.0 Å². The van der Waals surface area contributed by atoms with Gasteiger partial charge in [0.15, 0.2) is 0 Å². The zero-order valence-electron chi connectivity index (χ0n) is 19.9. The fraction of sp³-hybridized carbons (Fsp3) is 0.148. The minimum atomic E-state index is -1.73. The molecule has 0 amide bonds. The maximum absolute atomic E-state index is 13.5. The van der Waals surface area contributed by atoms with E-state index in [9.17, 15) is 19.5 Å². The molecule has 0 saturated heterocycles. The number of esters is 1. The summed E-state index contributed by atoms with van der Waals surface area (Å²) < 4.78 is 12.2. The van der Waals surface area contributed by atoms with Gasteiger partial charge in [0.25, 0.3) is 5.91 Å². The number of halogens is 4. The quantitative estimate of drug-likeness (QED) is 0.180. The molecule has 7 nitrogen and oxygen atoms in total. The lowest BCUT2D eigenvalue weighted by molar-refractivity contribution is -0.164. The average molecular weight is 595 g/mol. The summed E-state index contributed by atoms with van der Waals surface area (Å²) in [5.41, 5.74) is 1.84. The molecule has 4 rings (SSSR count). The van der Waals surface area contributed by atoms with E-state index in [0.29, 0.717) is 38.5 Å². The highest BCUT2D eigenvalue weighted by Gasteiger charge is 2.29. The summed E-state index contributed by atoms with van der Waals surface area (Å²) in [4.78, 5) is 38.5. The Hall–Kier alpha value is -3.23. The van der Waals surface area contributed by atoms with Gasteiger partial charge < -0.3 is 14.6 Å². The van der Waals surface area contributed by atoms with Crippen LogP contribution in [0.2, 0.25) is 20.1 Å². The van der Waals surface area contributed by atoms with Crippen LogP contribution in [0.5, 0.6) is 5.75 Å². The predicted octanol–water partition coefficient (Wildman–Crippen LogP) is 7.17. The van der Waals surface area contributed by atoms with E-state index in [-0.39, 0.29) is 33.0 Å². The number of aromatic nitrogens is 1. The summed E-state index contributed by atoms with van der Waals surface area (Å²) in [7, 11) is 1.50. The van der Waals surface area contributed by atoms with E-state index >= 15 is 0 Å². The van der Waals surface area contributed by atoms with Crippen LogP contribution in [0.15, 0.2) is 54.6 Å². The molecule has 0 bridgehead atoms. The second-order valence-corrected chi connectivity index (χ2v) is 9.93. The Bertz CT molecular complexity index is 1580. The van der Waals surface area contributed by atoms with Gasteiger partial charge in [0.05, 0.1) is 29.1 Å². The molecule has 4 aromatic rings. The fourth-order valence-electron chi connectivity index (χ4n) is 4.10. The molecule has 1 aromatic heterocycles. The molecule has 3 aromatic carbocycles. The van der Waals surface area contributed by atoms with Gasteiger partial charge in [0.2, 0.25) is 6.10 Å². The smallest absolute Gasteiger partial charge is 0.349 e. The molecule has 1 unspecified atom stereocenters. The molecule has 0 saturated carbocycles. The van der Waals surface area contributed by atoms with E-state index in [1.807, 2.05) is 0 Å². The van der Waals surface area contributed by atoms with Crippen molar-refractivity contribution in [3.8, 4) is 5.75 Å². The molecular weight excluding hydrogens is 576 g/mol. The second-order valence-electron chi connectivity index (χ2n) is 8.27. The number of carbonyl (C=O) groups excluding carboxylic acids is 2. The van der Waals surface area contributed by atoms with Crippen LogP contribution in [0.4, 0.5) is 0 Å². The molecule has 0 aliphatic carbocycles. The molecule has 1 heterocycles. The summed E-state index contributed by atoms with van der Waals surface area (Å²) in [6.45, 7) is 1.69. The van der Waals surface area contributed by atoms with Gasteiger partial charge in [-0.15, -0.1) is 0 Å². The number of benzene rings is 3. The maximum atomic E-state index is 13.5. The van der Waals surface area contributed by atoms with Crippen molar-refractivity contribution in [2.45, 2.75) is 19.4 Å². The highest BCUT2D eigenvalue weighted by molar-refractivity contribution is 6.43. The van der Waals surface area contributed by atoms with Crippen LogP contribution in [0.1, 0.15) is 33.3 Å². The SMILES string of the molecule is COc1ccc2c(c1)c(CC(=O)OC(C(=O)O)c1cc(Cl)c(Cl)cc1Cl)c(C)n2C(=O)c1ccc(Cl)cc1. The standard InChI is InChI=1S/C27H19Cl4NO6/c1-13-17(11-24(33)38-25(27(35)36)19-10-21(30)22(31)12-20(19)29)18-9-16(37-2)7-8-23(18)32(13)26(34)14-3-5-15(28)6-4-14/h3-10,12,25H,11H2,1-2H3,(H,35,36). The van der Waals surface area contributed by atoms with Crippen molar-refractivity contribution < 1.29 is 29.0 Å². The summed E-state index contributed by atoms with van der Waals surface area (Å²) in [5.74, 6) is -2.13. The Morgan fingerprint density at radius 2 is 1.58 bits per heavy atom. The monoisotopic (exact) mass is 593 g/mol. The molecular formula is C27H19Cl4NO6. The Kier molecular flexibility index (Phi) is 8.23. The van der Waals surface area contributed by atoms with Crippen LogP contribution in [0, 0.1) is 6.92 Å². The molecule has 0 aliphatic heterocycles. The number of ether oxygens (including phenoxy) is 2. The lowest BCUT2D eigenvalue weighted by atomic mass is 10.1. The van der Waals surface area contributed by atoms with Gasteiger partial charge >= 0.3 is 11.9 Å². The topological polar surface area (TPSA) is 94.8 Å². The number of methoxy groups -OCH3 is 1. The normalized spacial score (nSPS) is 11.8. The number of hydrogen-bond acceptors (Lipinski definition) is 5. The summed E-state index contributed by atoms with van der Waals surface area (Å²) >= 11 is 24.1. The predicted molar refractivity (Wildman–Crippen MR) is 146 cm³/mol. The van der Waals surface area contributed by atoms with Crippen molar-refractivity contribution in [2.75, 3.05) is 7.11 Å². The summed E-state index contributed by atoms with van der Waals surface area (Å²) in [6.07, 6.45) is -2.07. The number of fused-ring (bicyclic) bond motifs is 1. The summed E-state index contributed by atoms with van der Waals surface area (Å²) in [6, 6.07) is 14.0. The number of rotatable bonds is 7. The van der Waals surface area contributed by atoms with Gasteiger partial charge in [-0.2, -0.15) is 0 Å². The Morgan fingerprint density at radius 1 is 0.921 bits per heavy atom. The van der Waals surface area contributed by atoms with E-state index in [2.05, 4.69) is 0 Å². The number of hydrogen-bond donors (Lipinski definition) is 1. The second kappa shape index (κ2) is 11.3. The number of carbonyl (C=O) groups is 3. The summed E-state index contributed by atoms with van der Waals surface area (Å²) in [5, 5.41) is 11.0. The average Bonchev–Trinajstić information content (AvgIpc) is 3.15.